The summed E-state index contributed by atoms with van der Waals surface area (Å²) in [7, 11) is 0. The smallest absolute Gasteiger partial charge is 0.0620 e. The van der Waals surface area contributed by atoms with Crippen molar-refractivity contribution in [2.24, 2.45) is 0 Å². The van der Waals surface area contributed by atoms with Crippen molar-refractivity contribution in [2.75, 3.05) is 9.80 Å². The molecule has 0 unspecified atom stereocenters. The SMILES string of the molecule is C=C.C=C.Cc1ccc2c(N(c3ccc4ccccc4c3)c3c4ccccc4cc4ccccc34)c3cc(C)c(C)cc3c(N(c3ccc4ccccc4c3)c3c4ccccc4cc4ccccc34)c2c1. The van der Waals surface area contributed by atoms with E-state index in [1.807, 2.05) is 0 Å². The van der Waals surface area contributed by atoms with Crippen LogP contribution in [0.5, 0.6) is 0 Å². The molecule has 0 fully saturated rings. The largest absolute Gasteiger partial charge is 0.308 e. The van der Waals surface area contributed by atoms with Crippen LogP contribution >= 0.6 is 0 Å². The molecule has 0 aromatic heterocycles. The molecule has 13 aromatic rings. The summed E-state index contributed by atoms with van der Waals surface area (Å²) in [5, 5.41) is 19.2. The van der Waals surface area contributed by atoms with Gasteiger partial charge in [-0.15, -0.1) is 26.3 Å². The molecule has 0 saturated heterocycles. The Bertz CT molecular complexity index is 4090. The predicted octanol–water partition coefficient (Wildman–Crippen LogP) is 20.4. The summed E-state index contributed by atoms with van der Waals surface area (Å²) >= 11 is 0. The molecular weight excluding hydrogens is 857 g/mol. The van der Waals surface area contributed by atoms with E-state index in [1.165, 1.54) is 120 Å². The topological polar surface area (TPSA) is 6.48 Å². The maximum atomic E-state index is 3.00. The third-order valence-electron chi connectivity index (χ3n) is 14.2. The molecule has 0 spiro atoms. The molecule has 0 aliphatic carbocycles. The number of rotatable bonds is 6. The highest BCUT2D eigenvalue weighted by molar-refractivity contribution is 6.28. The lowest BCUT2D eigenvalue weighted by Crippen LogP contribution is -2.16. The molecule has 2 heteroatoms. The molecule has 0 N–H and O–H groups in total. The highest BCUT2D eigenvalue weighted by Crippen LogP contribution is 2.55. The van der Waals surface area contributed by atoms with Crippen molar-refractivity contribution >= 4 is 120 Å². The molecule has 0 radical (unpaired) electrons. The summed E-state index contributed by atoms with van der Waals surface area (Å²) in [4.78, 5) is 5.21. The molecule has 340 valence electrons. The summed E-state index contributed by atoms with van der Waals surface area (Å²) in [6, 6.07) is 83.8. The van der Waals surface area contributed by atoms with Gasteiger partial charge in [0.25, 0.3) is 0 Å². The molecule has 0 saturated carbocycles. The minimum Gasteiger partial charge on any atom is -0.308 e. The van der Waals surface area contributed by atoms with Crippen molar-refractivity contribution in [1.29, 1.82) is 0 Å². The number of hydrogen-bond donors (Lipinski definition) is 0. The number of fused-ring (bicyclic) bond motifs is 8. The van der Waals surface area contributed by atoms with Crippen LogP contribution in [0.15, 0.2) is 251 Å². The standard InChI is InChI=1S/C65H46N2.2C2H4/c1-41-28-33-58-59(34-41)65(67(53-32-30-45-17-5-7-19-47(45)40-53)63-56-26-14-10-22-50(56)38-51-23-11-15-27-57(51)63)61-36-43(3)42(2)35-60(61)64(58)66(52-31-29-44-16-4-6-18-46(44)39-52)62-54-24-12-8-20-48(54)37-49-21-9-13-25-55(49)62;2*1-2/h4-40H,1-3H3;2*1-2H2. The number of aryl methyl sites for hydroxylation is 3. The van der Waals surface area contributed by atoms with Gasteiger partial charge in [-0.1, -0.05) is 175 Å². The zero-order valence-corrected chi connectivity index (χ0v) is 40.6. The fraction of sp³-hybridized carbons (Fsp3) is 0.0435. The van der Waals surface area contributed by atoms with Crippen LogP contribution in [0.1, 0.15) is 16.7 Å². The van der Waals surface area contributed by atoms with Crippen molar-refractivity contribution in [3.8, 4) is 0 Å². The fourth-order valence-electron chi connectivity index (χ4n) is 10.9. The molecular formula is C69H54N2. The van der Waals surface area contributed by atoms with Gasteiger partial charge in [0, 0.05) is 54.5 Å². The Morgan fingerprint density at radius 2 is 0.549 bits per heavy atom. The predicted molar refractivity (Wildman–Crippen MR) is 313 cm³/mol. The summed E-state index contributed by atoms with van der Waals surface area (Å²) in [6.07, 6.45) is 0. The first kappa shape index (κ1) is 44.5. The van der Waals surface area contributed by atoms with Crippen LogP contribution in [0.4, 0.5) is 34.1 Å². The van der Waals surface area contributed by atoms with Crippen LogP contribution in [0.3, 0.4) is 0 Å². The lowest BCUT2D eigenvalue weighted by Gasteiger charge is -2.35. The normalized spacial score (nSPS) is 11.3. The van der Waals surface area contributed by atoms with Crippen LogP contribution in [0.25, 0.3) is 86.2 Å². The maximum absolute atomic E-state index is 3.00. The average Bonchev–Trinajstić information content (AvgIpc) is 3.42. The summed E-state index contributed by atoms with van der Waals surface area (Å²) in [5.74, 6) is 0. The monoisotopic (exact) mass is 910 g/mol. The van der Waals surface area contributed by atoms with E-state index in [0.29, 0.717) is 0 Å². The summed E-state index contributed by atoms with van der Waals surface area (Å²) in [5.41, 5.74) is 10.6. The first-order valence-corrected chi connectivity index (χ1v) is 24.3. The Morgan fingerprint density at radius 3 is 0.944 bits per heavy atom. The second kappa shape index (κ2) is 18.5. The van der Waals surface area contributed by atoms with Gasteiger partial charge in [0.2, 0.25) is 0 Å². The van der Waals surface area contributed by atoms with Gasteiger partial charge in [-0.05, 0) is 130 Å². The van der Waals surface area contributed by atoms with Crippen LogP contribution in [0.2, 0.25) is 0 Å². The van der Waals surface area contributed by atoms with E-state index in [4.69, 9.17) is 0 Å². The first-order chi connectivity index (χ1) is 35.0. The van der Waals surface area contributed by atoms with Gasteiger partial charge >= 0.3 is 0 Å². The van der Waals surface area contributed by atoms with Gasteiger partial charge in [0.15, 0.2) is 0 Å². The molecule has 0 aliphatic heterocycles. The number of nitrogens with zero attached hydrogens (tertiary/aromatic N) is 2. The third-order valence-corrected chi connectivity index (χ3v) is 14.2. The molecule has 13 rings (SSSR count). The van der Waals surface area contributed by atoms with Crippen molar-refractivity contribution in [3.63, 3.8) is 0 Å². The molecule has 0 atom stereocenters. The minimum absolute atomic E-state index is 1.11. The molecule has 2 nitrogen and oxygen atoms in total. The van der Waals surface area contributed by atoms with Crippen LogP contribution in [-0.4, -0.2) is 0 Å². The number of anilines is 6. The van der Waals surface area contributed by atoms with E-state index in [0.717, 1.165) is 17.1 Å². The Balaban J connectivity index is 0.00000134. The maximum Gasteiger partial charge on any atom is 0.0620 e. The molecule has 0 heterocycles. The summed E-state index contributed by atoms with van der Waals surface area (Å²) < 4.78 is 0. The Kier molecular flexibility index (Phi) is 11.6. The Labute approximate surface area is 416 Å². The van der Waals surface area contributed by atoms with Crippen molar-refractivity contribution < 1.29 is 0 Å². The van der Waals surface area contributed by atoms with Crippen molar-refractivity contribution in [3.05, 3.63) is 267 Å². The van der Waals surface area contributed by atoms with Crippen LogP contribution in [0, 0.1) is 20.8 Å². The van der Waals surface area contributed by atoms with E-state index in [-0.39, 0.29) is 0 Å². The lowest BCUT2D eigenvalue weighted by atomic mass is 9.90. The van der Waals surface area contributed by atoms with Gasteiger partial charge in [0.05, 0.1) is 22.7 Å². The van der Waals surface area contributed by atoms with E-state index >= 15 is 0 Å². The molecule has 0 bridgehead atoms. The molecule has 0 aliphatic rings. The van der Waals surface area contributed by atoms with Crippen molar-refractivity contribution in [2.45, 2.75) is 20.8 Å². The molecule has 0 amide bonds. The summed E-state index contributed by atoms with van der Waals surface area (Å²) in [6.45, 7) is 18.8. The lowest BCUT2D eigenvalue weighted by molar-refractivity contribution is 1.31. The van der Waals surface area contributed by atoms with Gasteiger partial charge in [-0.25, -0.2) is 0 Å². The van der Waals surface area contributed by atoms with E-state index < -0.39 is 0 Å². The first-order valence-electron chi connectivity index (χ1n) is 24.3. The number of hydrogen-bond acceptors (Lipinski definition) is 2. The Hall–Kier alpha value is -8.98. The highest BCUT2D eigenvalue weighted by atomic mass is 15.2. The zero-order valence-electron chi connectivity index (χ0n) is 40.6. The zero-order chi connectivity index (χ0) is 48.8. The van der Waals surface area contributed by atoms with Crippen LogP contribution in [-0.2, 0) is 0 Å². The van der Waals surface area contributed by atoms with Crippen molar-refractivity contribution in [1.82, 2.24) is 0 Å². The molecule has 13 aromatic carbocycles. The van der Waals surface area contributed by atoms with E-state index in [2.05, 4.69) is 281 Å². The molecule has 71 heavy (non-hydrogen) atoms. The highest BCUT2D eigenvalue weighted by Gasteiger charge is 2.29. The van der Waals surface area contributed by atoms with Gasteiger partial charge < -0.3 is 9.80 Å². The van der Waals surface area contributed by atoms with E-state index in [9.17, 15) is 0 Å². The van der Waals surface area contributed by atoms with Gasteiger partial charge in [0.1, 0.15) is 0 Å². The quantitative estimate of drug-likeness (QED) is 0.0932. The number of benzene rings is 13. The second-order valence-corrected chi connectivity index (χ2v) is 18.3. The minimum atomic E-state index is 1.11. The van der Waals surface area contributed by atoms with E-state index in [1.54, 1.807) is 0 Å². The average molecular weight is 911 g/mol. The third kappa shape index (κ3) is 7.53. The Morgan fingerprint density at radius 1 is 0.239 bits per heavy atom. The second-order valence-electron chi connectivity index (χ2n) is 18.3. The van der Waals surface area contributed by atoms with Gasteiger partial charge in [-0.2, -0.15) is 0 Å². The van der Waals surface area contributed by atoms with Crippen LogP contribution < -0.4 is 9.80 Å². The fourth-order valence-corrected chi connectivity index (χ4v) is 10.9. The van der Waals surface area contributed by atoms with Gasteiger partial charge in [-0.3, -0.25) is 0 Å².